The molecule has 0 radical (unpaired) electrons. The Balaban J connectivity index is 1.99. The first-order chi connectivity index (χ1) is 13.3. The molecule has 0 spiro atoms. The number of carbonyl (C=O) groups excluding carboxylic acids is 2. The maximum Gasteiger partial charge on any atom is 0.260 e. The molecule has 1 aromatic carbocycles. The molecule has 1 aliphatic rings. The van der Waals surface area contributed by atoms with Crippen LogP contribution in [0.15, 0.2) is 12.1 Å². The van der Waals surface area contributed by atoms with Gasteiger partial charge in [0, 0.05) is 30.7 Å². The summed E-state index contributed by atoms with van der Waals surface area (Å²) < 4.78 is 5.82. The van der Waals surface area contributed by atoms with E-state index >= 15 is 0 Å². The second-order valence-corrected chi connectivity index (χ2v) is 7.92. The van der Waals surface area contributed by atoms with Crippen molar-refractivity contribution in [2.24, 2.45) is 5.73 Å². The van der Waals surface area contributed by atoms with E-state index in [9.17, 15) is 9.59 Å². The monoisotopic (exact) mass is 389 g/mol. The Morgan fingerprint density at radius 3 is 2.21 bits per heavy atom. The first kappa shape index (κ1) is 22.2. The van der Waals surface area contributed by atoms with Crippen LogP contribution in [0.4, 0.5) is 0 Å². The summed E-state index contributed by atoms with van der Waals surface area (Å²) in [5.74, 6) is 0.565. The minimum Gasteiger partial charge on any atom is -0.483 e. The Morgan fingerprint density at radius 1 is 1.11 bits per heavy atom. The second-order valence-electron chi connectivity index (χ2n) is 7.92. The summed E-state index contributed by atoms with van der Waals surface area (Å²) in [7, 11) is 0. The molecule has 1 heterocycles. The molecule has 6 nitrogen and oxygen atoms in total. The lowest BCUT2D eigenvalue weighted by Crippen LogP contribution is -2.49. The van der Waals surface area contributed by atoms with E-state index < -0.39 is 0 Å². The normalized spacial score (nSPS) is 14.7. The smallest absolute Gasteiger partial charge is 0.260 e. The van der Waals surface area contributed by atoms with Gasteiger partial charge in [0.15, 0.2) is 6.61 Å². The number of amides is 2. The second kappa shape index (κ2) is 9.92. The Bertz CT molecular complexity index is 669. The average molecular weight is 390 g/mol. The molecule has 2 rings (SSSR count). The van der Waals surface area contributed by atoms with Crippen molar-refractivity contribution in [2.45, 2.75) is 65.3 Å². The van der Waals surface area contributed by atoms with Gasteiger partial charge in [-0.05, 0) is 69.2 Å². The molecule has 2 amide bonds. The van der Waals surface area contributed by atoms with E-state index in [2.05, 4.69) is 5.32 Å². The predicted octanol–water partition coefficient (Wildman–Crippen LogP) is 2.94. The van der Waals surface area contributed by atoms with Crippen molar-refractivity contribution >= 4 is 11.8 Å². The van der Waals surface area contributed by atoms with Crippen LogP contribution in [-0.2, 0) is 4.79 Å². The van der Waals surface area contributed by atoms with Crippen molar-refractivity contribution in [3.8, 4) is 5.75 Å². The van der Waals surface area contributed by atoms with Crippen LogP contribution in [-0.4, -0.2) is 48.5 Å². The van der Waals surface area contributed by atoms with E-state index in [-0.39, 0.29) is 24.0 Å². The van der Waals surface area contributed by atoms with Crippen molar-refractivity contribution in [3.05, 3.63) is 28.8 Å². The van der Waals surface area contributed by atoms with Crippen LogP contribution in [0.3, 0.4) is 0 Å². The van der Waals surface area contributed by atoms with E-state index in [1.165, 1.54) is 6.42 Å². The Kier molecular flexibility index (Phi) is 7.87. The third-order valence-electron chi connectivity index (χ3n) is 5.78. The summed E-state index contributed by atoms with van der Waals surface area (Å²) in [6.07, 6.45) is 4.93. The van der Waals surface area contributed by atoms with Crippen molar-refractivity contribution in [1.29, 1.82) is 0 Å². The number of rotatable bonds is 8. The number of nitrogens with zero attached hydrogens (tertiary/aromatic N) is 1. The highest BCUT2D eigenvalue weighted by Crippen LogP contribution is 2.25. The number of aryl methyl sites for hydroxylation is 2. The Hall–Kier alpha value is -2.08. The molecule has 0 atom stereocenters. The third-order valence-corrected chi connectivity index (χ3v) is 5.78. The van der Waals surface area contributed by atoms with Gasteiger partial charge in [-0.1, -0.05) is 13.8 Å². The zero-order valence-corrected chi connectivity index (χ0v) is 17.8. The van der Waals surface area contributed by atoms with Gasteiger partial charge in [-0.15, -0.1) is 0 Å². The molecule has 0 unspecified atom stereocenters. The zero-order chi connectivity index (χ0) is 20.7. The zero-order valence-electron chi connectivity index (χ0n) is 17.8. The first-order valence-electron chi connectivity index (χ1n) is 10.4. The number of ether oxygens (including phenoxy) is 1. The van der Waals surface area contributed by atoms with Crippen LogP contribution >= 0.6 is 0 Å². The third kappa shape index (κ3) is 5.71. The molecule has 6 heteroatoms. The predicted molar refractivity (Wildman–Crippen MR) is 112 cm³/mol. The first-order valence-corrected chi connectivity index (χ1v) is 10.4. The molecule has 156 valence electrons. The fourth-order valence-corrected chi connectivity index (χ4v) is 3.54. The molecular weight excluding hydrogens is 354 g/mol. The van der Waals surface area contributed by atoms with E-state index in [4.69, 9.17) is 10.5 Å². The average Bonchev–Trinajstić information content (AvgIpc) is 2.71. The number of carbonyl (C=O) groups is 2. The van der Waals surface area contributed by atoms with Crippen LogP contribution < -0.4 is 15.8 Å². The SMILES string of the molecule is CCC(N)(CC)CNC(=O)c1cc(C)c(OCC(=O)N2CCCCC2)c(C)c1. The number of nitrogens with two attached hydrogens (primary N) is 1. The Labute approximate surface area is 168 Å². The van der Waals surface area contributed by atoms with E-state index in [0.29, 0.717) is 17.9 Å². The van der Waals surface area contributed by atoms with Crippen molar-refractivity contribution < 1.29 is 14.3 Å². The van der Waals surface area contributed by atoms with Crippen LogP contribution in [0.1, 0.15) is 67.4 Å². The molecule has 0 aromatic heterocycles. The lowest BCUT2D eigenvalue weighted by atomic mass is 9.94. The van der Waals surface area contributed by atoms with Gasteiger partial charge >= 0.3 is 0 Å². The van der Waals surface area contributed by atoms with Gasteiger partial charge in [-0.2, -0.15) is 0 Å². The van der Waals surface area contributed by atoms with Crippen molar-refractivity contribution in [3.63, 3.8) is 0 Å². The van der Waals surface area contributed by atoms with Crippen LogP contribution in [0.25, 0.3) is 0 Å². The molecule has 0 aliphatic carbocycles. The van der Waals surface area contributed by atoms with Gasteiger partial charge in [0.25, 0.3) is 11.8 Å². The highest BCUT2D eigenvalue weighted by atomic mass is 16.5. The minimum atomic E-state index is -0.377. The van der Waals surface area contributed by atoms with E-state index in [1.807, 2.05) is 32.6 Å². The lowest BCUT2D eigenvalue weighted by molar-refractivity contribution is -0.134. The summed E-state index contributed by atoms with van der Waals surface area (Å²) in [4.78, 5) is 26.7. The molecule has 0 saturated carbocycles. The highest BCUT2D eigenvalue weighted by Gasteiger charge is 2.22. The minimum absolute atomic E-state index is 0.0266. The van der Waals surface area contributed by atoms with Gasteiger partial charge in [0.1, 0.15) is 5.75 Å². The van der Waals surface area contributed by atoms with E-state index in [1.54, 1.807) is 12.1 Å². The molecule has 0 bridgehead atoms. The number of piperidine rings is 1. The topological polar surface area (TPSA) is 84.7 Å². The summed E-state index contributed by atoms with van der Waals surface area (Å²) in [5.41, 5.74) is 8.17. The van der Waals surface area contributed by atoms with Crippen LogP contribution in [0.2, 0.25) is 0 Å². The fourth-order valence-electron chi connectivity index (χ4n) is 3.54. The molecule has 1 aromatic rings. The van der Waals surface area contributed by atoms with Gasteiger partial charge < -0.3 is 20.7 Å². The maximum absolute atomic E-state index is 12.5. The van der Waals surface area contributed by atoms with E-state index in [0.717, 1.165) is 49.9 Å². The van der Waals surface area contributed by atoms with Gasteiger partial charge in [-0.3, -0.25) is 9.59 Å². The van der Waals surface area contributed by atoms with Gasteiger partial charge in [0.2, 0.25) is 0 Å². The molecule has 1 saturated heterocycles. The molecule has 1 aliphatic heterocycles. The molecule has 1 fully saturated rings. The van der Waals surface area contributed by atoms with Gasteiger partial charge in [-0.25, -0.2) is 0 Å². The van der Waals surface area contributed by atoms with Gasteiger partial charge in [0.05, 0.1) is 0 Å². The van der Waals surface area contributed by atoms with Crippen molar-refractivity contribution in [1.82, 2.24) is 10.2 Å². The molecule has 3 N–H and O–H groups in total. The molecule has 28 heavy (non-hydrogen) atoms. The number of benzene rings is 1. The number of hydrogen-bond acceptors (Lipinski definition) is 4. The number of nitrogens with one attached hydrogen (secondary N) is 1. The van der Waals surface area contributed by atoms with Crippen molar-refractivity contribution in [2.75, 3.05) is 26.2 Å². The highest BCUT2D eigenvalue weighted by molar-refractivity contribution is 5.95. The number of likely N-dealkylation sites (tertiary alicyclic amines) is 1. The number of hydrogen-bond donors (Lipinski definition) is 2. The Morgan fingerprint density at radius 2 is 1.68 bits per heavy atom. The fraction of sp³-hybridized carbons (Fsp3) is 0.636. The standard InChI is InChI=1S/C22H35N3O3/c1-5-22(23,6-2)15-24-21(27)18-12-16(3)20(17(4)13-18)28-14-19(26)25-10-8-7-9-11-25/h12-13H,5-11,14-15,23H2,1-4H3,(H,24,27). The molecular formula is C22H35N3O3. The summed E-state index contributed by atoms with van der Waals surface area (Å²) in [5, 5.41) is 2.94. The largest absolute Gasteiger partial charge is 0.483 e. The lowest BCUT2D eigenvalue weighted by Gasteiger charge is -2.27. The summed E-state index contributed by atoms with van der Waals surface area (Å²) in [6.45, 7) is 9.97. The maximum atomic E-state index is 12.5. The quantitative estimate of drug-likeness (QED) is 0.716. The van der Waals surface area contributed by atoms with Crippen LogP contribution in [0, 0.1) is 13.8 Å². The summed E-state index contributed by atoms with van der Waals surface area (Å²) in [6, 6.07) is 3.61. The van der Waals surface area contributed by atoms with Crippen LogP contribution in [0.5, 0.6) is 5.75 Å². The summed E-state index contributed by atoms with van der Waals surface area (Å²) >= 11 is 0.